The van der Waals surface area contributed by atoms with Gasteiger partial charge in [0.2, 0.25) is 0 Å². The Balaban J connectivity index is 1.53. The molecular formula is C20H25NO. The Morgan fingerprint density at radius 3 is 2.36 bits per heavy atom. The lowest BCUT2D eigenvalue weighted by Gasteiger charge is -2.35. The van der Waals surface area contributed by atoms with Crippen molar-refractivity contribution >= 4 is 0 Å². The topological polar surface area (TPSA) is 21.3 Å². The Hall–Kier alpha value is -1.64. The number of rotatable bonds is 5. The van der Waals surface area contributed by atoms with Crippen LogP contribution >= 0.6 is 0 Å². The Morgan fingerprint density at radius 1 is 0.955 bits per heavy atom. The first-order chi connectivity index (χ1) is 10.8. The molecule has 0 saturated carbocycles. The molecule has 0 aromatic heterocycles. The standard InChI is InChI=1S/C20H25NO/c1-16-12-18(15-22-14-17-8-4-2-5-9-17)13-20(21-16)19-10-6-3-7-11-19/h2-11,16,18,20-21H,12-15H2,1H3/t16-,18-,20+/m1/s1. The van der Waals surface area contributed by atoms with Crippen LogP contribution in [0.3, 0.4) is 0 Å². The van der Waals surface area contributed by atoms with Crippen molar-refractivity contribution < 1.29 is 4.74 Å². The average Bonchev–Trinajstić information content (AvgIpc) is 2.56. The van der Waals surface area contributed by atoms with Gasteiger partial charge in [0.15, 0.2) is 0 Å². The maximum atomic E-state index is 5.96. The second-order valence-electron chi connectivity index (χ2n) is 6.37. The van der Waals surface area contributed by atoms with Crippen LogP contribution in [0.15, 0.2) is 60.7 Å². The zero-order chi connectivity index (χ0) is 15.2. The maximum absolute atomic E-state index is 5.96. The predicted molar refractivity (Wildman–Crippen MR) is 90.6 cm³/mol. The van der Waals surface area contributed by atoms with Gasteiger partial charge in [0.1, 0.15) is 0 Å². The lowest BCUT2D eigenvalue weighted by atomic mass is 9.86. The van der Waals surface area contributed by atoms with Crippen LogP contribution in [0.1, 0.15) is 36.9 Å². The zero-order valence-corrected chi connectivity index (χ0v) is 13.2. The zero-order valence-electron chi connectivity index (χ0n) is 13.2. The van der Waals surface area contributed by atoms with E-state index in [-0.39, 0.29) is 0 Å². The van der Waals surface area contributed by atoms with Crippen LogP contribution in [0, 0.1) is 5.92 Å². The minimum atomic E-state index is 0.454. The first kappa shape index (κ1) is 15.3. The van der Waals surface area contributed by atoms with E-state index in [1.165, 1.54) is 17.5 Å². The van der Waals surface area contributed by atoms with Gasteiger partial charge in [-0.3, -0.25) is 0 Å². The van der Waals surface area contributed by atoms with E-state index in [4.69, 9.17) is 4.74 Å². The van der Waals surface area contributed by atoms with E-state index in [2.05, 4.69) is 66.8 Å². The van der Waals surface area contributed by atoms with Gasteiger partial charge in [0.25, 0.3) is 0 Å². The normalized spacial score (nSPS) is 25.0. The lowest BCUT2D eigenvalue weighted by molar-refractivity contribution is 0.0626. The summed E-state index contributed by atoms with van der Waals surface area (Å²) in [5.41, 5.74) is 2.64. The molecule has 116 valence electrons. The van der Waals surface area contributed by atoms with Gasteiger partial charge in [0, 0.05) is 18.7 Å². The number of piperidine rings is 1. The summed E-state index contributed by atoms with van der Waals surface area (Å²) in [7, 11) is 0. The van der Waals surface area contributed by atoms with Crippen LogP contribution in [-0.4, -0.2) is 12.6 Å². The molecule has 0 radical (unpaired) electrons. The molecule has 0 aliphatic carbocycles. The predicted octanol–water partition coefficient (Wildman–Crippen LogP) is 4.33. The SMILES string of the molecule is C[C@@H]1C[C@@H](COCc2ccccc2)C[C@@H](c2ccccc2)N1. The highest BCUT2D eigenvalue weighted by atomic mass is 16.5. The summed E-state index contributed by atoms with van der Waals surface area (Å²) < 4.78 is 5.96. The molecule has 0 unspecified atom stereocenters. The molecule has 1 N–H and O–H groups in total. The van der Waals surface area contributed by atoms with Crippen LogP contribution in [0.5, 0.6) is 0 Å². The number of hydrogen-bond acceptors (Lipinski definition) is 2. The van der Waals surface area contributed by atoms with Crippen molar-refractivity contribution in [3.8, 4) is 0 Å². The Labute approximate surface area is 133 Å². The van der Waals surface area contributed by atoms with E-state index in [9.17, 15) is 0 Å². The van der Waals surface area contributed by atoms with Crippen LogP contribution < -0.4 is 5.32 Å². The molecule has 0 spiro atoms. The quantitative estimate of drug-likeness (QED) is 0.886. The summed E-state index contributed by atoms with van der Waals surface area (Å²) in [5, 5.41) is 3.72. The van der Waals surface area contributed by atoms with Gasteiger partial charge in [-0.05, 0) is 36.8 Å². The highest BCUT2D eigenvalue weighted by Crippen LogP contribution is 2.30. The van der Waals surface area contributed by atoms with Crippen molar-refractivity contribution in [2.45, 2.75) is 38.5 Å². The summed E-state index contributed by atoms with van der Waals surface area (Å²) in [5.74, 6) is 0.630. The van der Waals surface area contributed by atoms with E-state index in [1.54, 1.807) is 0 Å². The molecule has 2 heteroatoms. The molecular weight excluding hydrogens is 270 g/mol. The third kappa shape index (κ3) is 4.19. The van der Waals surface area contributed by atoms with Crippen LogP contribution in [0.4, 0.5) is 0 Å². The lowest BCUT2D eigenvalue weighted by Crippen LogP contribution is -2.39. The van der Waals surface area contributed by atoms with Gasteiger partial charge in [-0.1, -0.05) is 60.7 Å². The van der Waals surface area contributed by atoms with Crippen molar-refractivity contribution in [2.24, 2.45) is 5.92 Å². The van der Waals surface area contributed by atoms with Gasteiger partial charge in [-0.25, -0.2) is 0 Å². The highest BCUT2D eigenvalue weighted by Gasteiger charge is 2.26. The van der Waals surface area contributed by atoms with Gasteiger partial charge in [-0.15, -0.1) is 0 Å². The molecule has 1 aliphatic heterocycles. The van der Waals surface area contributed by atoms with E-state index in [0.29, 0.717) is 18.0 Å². The molecule has 3 rings (SSSR count). The summed E-state index contributed by atoms with van der Waals surface area (Å²) in [6, 6.07) is 22.2. The molecule has 1 saturated heterocycles. The first-order valence-corrected chi connectivity index (χ1v) is 8.24. The van der Waals surface area contributed by atoms with Crippen LogP contribution in [0.2, 0.25) is 0 Å². The van der Waals surface area contributed by atoms with Gasteiger partial charge < -0.3 is 10.1 Å². The van der Waals surface area contributed by atoms with E-state index in [0.717, 1.165) is 19.6 Å². The van der Waals surface area contributed by atoms with Crippen LogP contribution in [0.25, 0.3) is 0 Å². The largest absolute Gasteiger partial charge is 0.376 e. The molecule has 2 nitrogen and oxygen atoms in total. The molecule has 1 fully saturated rings. The van der Waals surface area contributed by atoms with E-state index >= 15 is 0 Å². The smallest absolute Gasteiger partial charge is 0.0717 e. The third-order valence-electron chi connectivity index (χ3n) is 4.41. The number of benzene rings is 2. The fourth-order valence-corrected chi connectivity index (χ4v) is 3.38. The van der Waals surface area contributed by atoms with Gasteiger partial charge in [0.05, 0.1) is 6.61 Å². The molecule has 1 aliphatic rings. The summed E-state index contributed by atoms with van der Waals surface area (Å²) in [4.78, 5) is 0. The van der Waals surface area contributed by atoms with Gasteiger partial charge in [-0.2, -0.15) is 0 Å². The van der Waals surface area contributed by atoms with Crippen molar-refractivity contribution in [3.05, 3.63) is 71.8 Å². The minimum absolute atomic E-state index is 0.454. The Morgan fingerprint density at radius 2 is 1.64 bits per heavy atom. The second kappa shape index (κ2) is 7.57. The molecule has 1 heterocycles. The Bertz CT molecular complexity index is 554. The van der Waals surface area contributed by atoms with Crippen molar-refractivity contribution in [2.75, 3.05) is 6.61 Å². The van der Waals surface area contributed by atoms with Crippen molar-refractivity contribution in [3.63, 3.8) is 0 Å². The fourth-order valence-electron chi connectivity index (χ4n) is 3.38. The summed E-state index contributed by atoms with van der Waals surface area (Å²) in [6.45, 7) is 3.85. The van der Waals surface area contributed by atoms with E-state index < -0.39 is 0 Å². The van der Waals surface area contributed by atoms with Gasteiger partial charge >= 0.3 is 0 Å². The van der Waals surface area contributed by atoms with Crippen molar-refractivity contribution in [1.82, 2.24) is 5.32 Å². The molecule has 2 aromatic rings. The average molecular weight is 295 g/mol. The maximum Gasteiger partial charge on any atom is 0.0717 e. The summed E-state index contributed by atoms with van der Waals surface area (Å²) in [6.07, 6.45) is 2.35. The molecule has 2 aromatic carbocycles. The number of ether oxygens (including phenoxy) is 1. The molecule has 0 bridgehead atoms. The number of hydrogen-bond donors (Lipinski definition) is 1. The first-order valence-electron chi connectivity index (χ1n) is 8.24. The van der Waals surface area contributed by atoms with E-state index in [1.807, 2.05) is 6.07 Å². The molecule has 22 heavy (non-hydrogen) atoms. The Kier molecular flexibility index (Phi) is 5.25. The number of nitrogens with one attached hydrogen (secondary N) is 1. The highest BCUT2D eigenvalue weighted by molar-refractivity contribution is 5.19. The monoisotopic (exact) mass is 295 g/mol. The van der Waals surface area contributed by atoms with Crippen molar-refractivity contribution in [1.29, 1.82) is 0 Å². The fraction of sp³-hybridized carbons (Fsp3) is 0.400. The van der Waals surface area contributed by atoms with Crippen LogP contribution in [-0.2, 0) is 11.3 Å². The molecule has 3 atom stereocenters. The minimum Gasteiger partial charge on any atom is -0.376 e. The molecule has 0 amide bonds. The summed E-state index contributed by atoms with van der Waals surface area (Å²) >= 11 is 0. The second-order valence-corrected chi connectivity index (χ2v) is 6.37. The third-order valence-corrected chi connectivity index (χ3v) is 4.41.